The largest absolute Gasteiger partial charge is 0.494 e. The van der Waals surface area contributed by atoms with Crippen LogP contribution in [0.15, 0.2) is 47.4 Å². The molecular formula is C23H28N2O6S. The lowest BCUT2D eigenvalue weighted by Gasteiger charge is -2.26. The normalized spacial score (nSPS) is 21.1. The van der Waals surface area contributed by atoms with Crippen LogP contribution in [0.5, 0.6) is 17.2 Å². The third kappa shape index (κ3) is 5.06. The predicted molar refractivity (Wildman–Crippen MR) is 120 cm³/mol. The first-order valence-electron chi connectivity index (χ1n) is 10.8. The Hall–Kier alpha value is -2.62. The Morgan fingerprint density at radius 2 is 1.78 bits per heavy atom. The Labute approximate surface area is 188 Å². The first kappa shape index (κ1) is 22.6. The van der Waals surface area contributed by atoms with Crippen molar-refractivity contribution in [3.63, 3.8) is 0 Å². The summed E-state index contributed by atoms with van der Waals surface area (Å²) in [6, 6.07) is 11.7. The Bertz CT molecular complexity index is 1060. The van der Waals surface area contributed by atoms with Crippen molar-refractivity contribution >= 4 is 21.6 Å². The summed E-state index contributed by atoms with van der Waals surface area (Å²) >= 11 is 0. The van der Waals surface area contributed by atoms with Crippen molar-refractivity contribution in [1.82, 2.24) is 4.31 Å². The molecular weight excluding hydrogens is 432 g/mol. The molecule has 2 aliphatic rings. The Morgan fingerprint density at radius 1 is 1.12 bits per heavy atom. The van der Waals surface area contributed by atoms with Gasteiger partial charge >= 0.3 is 0 Å². The van der Waals surface area contributed by atoms with Gasteiger partial charge in [0, 0.05) is 19.0 Å². The molecule has 0 aromatic heterocycles. The summed E-state index contributed by atoms with van der Waals surface area (Å²) in [5.41, 5.74) is 0.331. The van der Waals surface area contributed by atoms with E-state index in [2.05, 4.69) is 5.32 Å². The van der Waals surface area contributed by atoms with Gasteiger partial charge in [0.25, 0.3) is 0 Å². The maximum absolute atomic E-state index is 13.1. The number of ether oxygens (including phenoxy) is 3. The fourth-order valence-corrected chi connectivity index (χ4v) is 5.04. The minimum atomic E-state index is -3.71. The predicted octanol–water partition coefficient (Wildman–Crippen LogP) is 3.49. The molecule has 8 nitrogen and oxygen atoms in total. The Balaban J connectivity index is 1.61. The molecule has 2 fully saturated rings. The number of carbonyl (C=O) groups excluding carboxylic acids is 1. The second-order valence-electron chi connectivity index (χ2n) is 7.99. The van der Waals surface area contributed by atoms with E-state index in [1.54, 1.807) is 30.3 Å². The summed E-state index contributed by atoms with van der Waals surface area (Å²) in [7, 11) is -3.71. The fourth-order valence-electron chi connectivity index (χ4n) is 3.60. The van der Waals surface area contributed by atoms with Crippen LogP contribution in [0, 0.1) is 11.8 Å². The molecule has 0 radical (unpaired) electrons. The molecule has 1 heterocycles. The molecule has 1 aliphatic carbocycles. The molecule has 2 aromatic carbocycles. The van der Waals surface area contributed by atoms with E-state index in [1.807, 2.05) is 13.8 Å². The summed E-state index contributed by atoms with van der Waals surface area (Å²) in [6.07, 6.45) is 0.826. The van der Waals surface area contributed by atoms with E-state index >= 15 is 0 Å². The maximum Gasteiger partial charge on any atom is 0.243 e. The summed E-state index contributed by atoms with van der Waals surface area (Å²) in [6.45, 7) is 5.81. The molecule has 1 saturated carbocycles. The smallest absolute Gasteiger partial charge is 0.243 e. The molecule has 4 rings (SSSR count). The number of benzene rings is 2. The van der Waals surface area contributed by atoms with Gasteiger partial charge in [-0.25, -0.2) is 8.42 Å². The van der Waals surface area contributed by atoms with Crippen molar-refractivity contribution in [2.24, 2.45) is 11.8 Å². The molecule has 2 unspecified atom stereocenters. The SMILES string of the molecule is CCOc1ccc(Oc2ccc(S(=O)(=O)N3CCOCC3)cc2NC(=O)C2CC2C)cc1. The first-order valence-corrected chi connectivity index (χ1v) is 12.3. The monoisotopic (exact) mass is 460 g/mol. The number of hydrogen-bond acceptors (Lipinski definition) is 6. The number of morpholine rings is 1. The van der Waals surface area contributed by atoms with Crippen LogP contribution in [0.4, 0.5) is 5.69 Å². The summed E-state index contributed by atoms with van der Waals surface area (Å²) < 4.78 is 44.3. The highest BCUT2D eigenvalue weighted by Gasteiger charge is 2.39. The van der Waals surface area contributed by atoms with Gasteiger partial charge in [-0.1, -0.05) is 6.92 Å². The molecule has 2 atom stereocenters. The van der Waals surface area contributed by atoms with E-state index in [0.29, 0.717) is 56.0 Å². The average Bonchev–Trinajstić information content (AvgIpc) is 3.53. The van der Waals surface area contributed by atoms with Crippen LogP contribution in [-0.4, -0.2) is 51.5 Å². The average molecular weight is 461 g/mol. The molecule has 0 spiro atoms. The molecule has 0 bridgehead atoms. The van der Waals surface area contributed by atoms with Gasteiger partial charge in [-0.05, 0) is 61.7 Å². The number of nitrogens with one attached hydrogen (secondary N) is 1. The zero-order valence-corrected chi connectivity index (χ0v) is 19.1. The summed E-state index contributed by atoms with van der Waals surface area (Å²) in [5.74, 6) is 1.78. The highest BCUT2D eigenvalue weighted by molar-refractivity contribution is 7.89. The van der Waals surface area contributed by atoms with Crippen molar-refractivity contribution in [2.75, 3.05) is 38.2 Å². The fraction of sp³-hybridized carbons (Fsp3) is 0.435. The van der Waals surface area contributed by atoms with Gasteiger partial charge in [-0.15, -0.1) is 0 Å². The van der Waals surface area contributed by atoms with Crippen LogP contribution in [-0.2, 0) is 19.6 Å². The van der Waals surface area contributed by atoms with Crippen LogP contribution in [0.2, 0.25) is 0 Å². The molecule has 1 amide bonds. The zero-order chi connectivity index (χ0) is 22.7. The van der Waals surface area contributed by atoms with Crippen molar-refractivity contribution in [3.05, 3.63) is 42.5 Å². The number of anilines is 1. The molecule has 2 aromatic rings. The van der Waals surface area contributed by atoms with Gasteiger partial charge in [-0.3, -0.25) is 4.79 Å². The molecule has 9 heteroatoms. The highest BCUT2D eigenvalue weighted by Crippen LogP contribution is 2.40. The highest BCUT2D eigenvalue weighted by atomic mass is 32.2. The maximum atomic E-state index is 13.1. The zero-order valence-electron chi connectivity index (χ0n) is 18.2. The van der Waals surface area contributed by atoms with E-state index in [1.165, 1.54) is 16.4 Å². The van der Waals surface area contributed by atoms with Gasteiger partial charge < -0.3 is 19.5 Å². The minimum absolute atomic E-state index is 0.0622. The molecule has 1 saturated heterocycles. The lowest BCUT2D eigenvalue weighted by atomic mass is 10.2. The number of rotatable bonds is 8. The van der Waals surface area contributed by atoms with Crippen LogP contribution in [0.1, 0.15) is 20.3 Å². The van der Waals surface area contributed by atoms with Crippen LogP contribution < -0.4 is 14.8 Å². The number of amides is 1. The number of hydrogen-bond donors (Lipinski definition) is 1. The third-order valence-corrected chi connectivity index (χ3v) is 7.52. The van der Waals surface area contributed by atoms with E-state index in [4.69, 9.17) is 14.2 Å². The van der Waals surface area contributed by atoms with Crippen LogP contribution >= 0.6 is 0 Å². The first-order chi connectivity index (χ1) is 15.4. The van der Waals surface area contributed by atoms with Gasteiger partial charge in [0.1, 0.15) is 11.5 Å². The van der Waals surface area contributed by atoms with Crippen LogP contribution in [0.3, 0.4) is 0 Å². The van der Waals surface area contributed by atoms with Gasteiger partial charge in [-0.2, -0.15) is 4.31 Å². The lowest BCUT2D eigenvalue weighted by molar-refractivity contribution is -0.117. The van der Waals surface area contributed by atoms with Gasteiger partial charge in [0.15, 0.2) is 5.75 Å². The molecule has 1 N–H and O–H groups in total. The van der Waals surface area contributed by atoms with Gasteiger partial charge in [0.05, 0.1) is 30.4 Å². The van der Waals surface area contributed by atoms with Crippen molar-refractivity contribution in [3.8, 4) is 17.2 Å². The third-order valence-electron chi connectivity index (χ3n) is 5.63. The lowest BCUT2D eigenvalue weighted by Crippen LogP contribution is -2.40. The second-order valence-corrected chi connectivity index (χ2v) is 9.93. The van der Waals surface area contributed by atoms with Crippen molar-refractivity contribution in [1.29, 1.82) is 0 Å². The van der Waals surface area contributed by atoms with E-state index in [-0.39, 0.29) is 16.7 Å². The number of sulfonamides is 1. The number of nitrogens with zero attached hydrogens (tertiary/aromatic N) is 1. The van der Waals surface area contributed by atoms with Crippen molar-refractivity contribution in [2.45, 2.75) is 25.2 Å². The standard InChI is InChI=1S/C23H28N2O6S/c1-3-30-17-4-6-18(7-5-17)31-22-9-8-19(32(27,28)25-10-12-29-13-11-25)15-21(22)24-23(26)20-14-16(20)2/h4-9,15-16,20H,3,10-14H2,1-2H3,(H,24,26). The molecule has 32 heavy (non-hydrogen) atoms. The second kappa shape index (κ2) is 9.48. The van der Waals surface area contributed by atoms with E-state index < -0.39 is 10.0 Å². The number of carbonyl (C=O) groups is 1. The molecule has 172 valence electrons. The molecule has 1 aliphatic heterocycles. The van der Waals surface area contributed by atoms with Gasteiger partial charge in [0.2, 0.25) is 15.9 Å². The Kier molecular flexibility index (Phi) is 6.68. The Morgan fingerprint density at radius 3 is 2.41 bits per heavy atom. The van der Waals surface area contributed by atoms with Crippen LogP contribution in [0.25, 0.3) is 0 Å². The quantitative estimate of drug-likeness (QED) is 0.648. The van der Waals surface area contributed by atoms with E-state index in [0.717, 1.165) is 12.2 Å². The van der Waals surface area contributed by atoms with Crippen molar-refractivity contribution < 1.29 is 27.4 Å². The minimum Gasteiger partial charge on any atom is -0.494 e. The topological polar surface area (TPSA) is 94.2 Å². The summed E-state index contributed by atoms with van der Waals surface area (Å²) in [5, 5.41) is 2.87. The summed E-state index contributed by atoms with van der Waals surface area (Å²) in [4.78, 5) is 12.7. The van der Waals surface area contributed by atoms with E-state index in [9.17, 15) is 13.2 Å².